The Bertz CT molecular complexity index is 263. The molecule has 2 atom stereocenters. The maximum absolute atomic E-state index is 11.8. The zero-order valence-corrected chi connectivity index (χ0v) is 9.98. The predicted molar refractivity (Wildman–Crippen MR) is 57.6 cm³/mol. The molecule has 0 aromatic rings. The number of unbranched alkanes of at least 4 members (excludes halogenated alkanes) is 1. The molecule has 14 heavy (non-hydrogen) atoms. The first kappa shape index (κ1) is 12.3. The molecule has 0 amide bonds. The van der Waals surface area contributed by atoms with Crippen molar-refractivity contribution in [1.29, 1.82) is 0 Å². The number of ether oxygens (including phenoxy) is 1. The van der Waals surface area contributed by atoms with Crippen LogP contribution in [-0.4, -0.2) is 38.0 Å². The van der Waals surface area contributed by atoms with Crippen LogP contribution in [0.5, 0.6) is 0 Å². The third-order valence-electron chi connectivity index (χ3n) is 2.58. The molecule has 1 heterocycles. The lowest BCUT2D eigenvalue weighted by Crippen LogP contribution is -2.30. The van der Waals surface area contributed by atoms with Crippen molar-refractivity contribution >= 4 is 21.4 Å². The van der Waals surface area contributed by atoms with Crippen LogP contribution in [0.25, 0.3) is 0 Å². The molecule has 1 aliphatic rings. The van der Waals surface area contributed by atoms with Crippen molar-refractivity contribution in [3.63, 3.8) is 0 Å². The Morgan fingerprint density at radius 3 is 2.64 bits per heavy atom. The number of sulfone groups is 1. The minimum absolute atomic E-state index is 0.143. The number of rotatable bonds is 5. The predicted octanol–water partition coefficient (Wildman–Crippen LogP) is 1.60. The van der Waals surface area contributed by atoms with Crippen LogP contribution in [-0.2, 0) is 14.6 Å². The van der Waals surface area contributed by atoms with Gasteiger partial charge in [0.15, 0.2) is 9.84 Å². The van der Waals surface area contributed by atoms with Crippen LogP contribution >= 0.6 is 11.6 Å². The van der Waals surface area contributed by atoms with Gasteiger partial charge < -0.3 is 4.74 Å². The molecular formula is C9H17ClO3S. The van der Waals surface area contributed by atoms with Gasteiger partial charge in [-0.25, -0.2) is 8.42 Å². The largest absolute Gasteiger partial charge is 0.377 e. The summed E-state index contributed by atoms with van der Waals surface area (Å²) in [4.78, 5) is 0. The summed E-state index contributed by atoms with van der Waals surface area (Å²) in [6, 6.07) is 0. The summed E-state index contributed by atoms with van der Waals surface area (Å²) in [6.07, 6.45) is 1.93. The molecule has 0 N–H and O–H groups in total. The van der Waals surface area contributed by atoms with Crippen molar-refractivity contribution in [2.24, 2.45) is 0 Å². The molecule has 0 spiro atoms. The molecule has 0 aliphatic carbocycles. The second-order valence-electron chi connectivity index (χ2n) is 3.67. The number of halogens is 1. The zero-order chi connectivity index (χ0) is 10.6. The van der Waals surface area contributed by atoms with Gasteiger partial charge >= 0.3 is 0 Å². The zero-order valence-electron chi connectivity index (χ0n) is 8.41. The maximum atomic E-state index is 11.8. The minimum Gasteiger partial charge on any atom is -0.377 e. The van der Waals surface area contributed by atoms with Crippen molar-refractivity contribution in [3.05, 3.63) is 0 Å². The lowest BCUT2D eigenvalue weighted by atomic mass is 10.3. The molecule has 1 saturated heterocycles. The standard InChI is InChI=1S/C9H17ClO3S/c1-8-9(4-6-13-8)14(11,12)7-3-2-5-10/h8-9H,2-7H2,1H3. The lowest BCUT2D eigenvalue weighted by molar-refractivity contribution is 0.126. The highest BCUT2D eigenvalue weighted by Crippen LogP contribution is 2.22. The van der Waals surface area contributed by atoms with Crippen molar-refractivity contribution in [2.75, 3.05) is 18.2 Å². The van der Waals surface area contributed by atoms with E-state index in [1.54, 1.807) is 0 Å². The average molecular weight is 241 g/mol. The van der Waals surface area contributed by atoms with Gasteiger partial charge in [0.1, 0.15) is 0 Å². The molecule has 2 unspecified atom stereocenters. The van der Waals surface area contributed by atoms with Gasteiger partial charge in [0.05, 0.1) is 17.1 Å². The highest BCUT2D eigenvalue weighted by molar-refractivity contribution is 7.92. The topological polar surface area (TPSA) is 43.4 Å². The van der Waals surface area contributed by atoms with Gasteiger partial charge in [-0.05, 0) is 26.2 Å². The molecule has 0 aromatic heterocycles. The molecule has 84 valence electrons. The van der Waals surface area contributed by atoms with E-state index >= 15 is 0 Å². The fraction of sp³-hybridized carbons (Fsp3) is 1.00. The Hall–Kier alpha value is 0.200. The van der Waals surface area contributed by atoms with Gasteiger partial charge in [-0.15, -0.1) is 11.6 Å². The molecule has 1 rings (SSSR count). The van der Waals surface area contributed by atoms with Crippen LogP contribution < -0.4 is 0 Å². The van der Waals surface area contributed by atoms with Crippen LogP contribution in [0.1, 0.15) is 26.2 Å². The van der Waals surface area contributed by atoms with Crippen molar-refractivity contribution < 1.29 is 13.2 Å². The lowest BCUT2D eigenvalue weighted by Gasteiger charge is -2.14. The van der Waals surface area contributed by atoms with E-state index in [-0.39, 0.29) is 17.1 Å². The van der Waals surface area contributed by atoms with Gasteiger partial charge in [0.2, 0.25) is 0 Å². The van der Waals surface area contributed by atoms with E-state index in [4.69, 9.17) is 16.3 Å². The highest BCUT2D eigenvalue weighted by Gasteiger charge is 2.34. The van der Waals surface area contributed by atoms with E-state index in [9.17, 15) is 8.42 Å². The summed E-state index contributed by atoms with van der Waals surface area (Å²) in [6.45, 7) is 2.40. The molecule has 0 saturated carbocycles. The molecule has 0 bridgehead atoms. The summed E-state index contributed by atoms with van der Waals surface area (Å²) in [5, 5.41) is -0.294. The molecule has 0 aromatic carbocycles. The summed E-state index contributed by atoms with van der Waals surface area (Å²) < 4.78 is 28.8. The monoisotopic (exact) mass is 240 g/mol. The number of hydrogen-bond acceptors (Lipinski definition) is 3. The number of alkyl halides is 1. The summed E-state index contributed by atoms with van der Waals surface area (Å²) in [5.74, 6) is 0.782. The van der Waals surface area contributed by atoms with Crippen LogP contribution in [0.3, 0.4) is 0 Å². The van der Waals surface area contributed by atoms with Crippen molar-refractivity contribution in [1.82, 2.24) is 0 Å². The number of hydrogen-bond donors (Lipinski definition) is 0. The van der Waals surface area contributed by atoms with Gasteiger partial charge in [-0.3, -0.25) is 0 Å². The van der Waals surface area contributed by atoms with Crippen molar-refractivity contribution in [2.45, 2.75) is 37.5 Å². The minimum atomic E-state index is -2.97. The summed E-state index contributed by atoms with van der Waals surface area (Å²) in [7, 11) is -2.97. The van der Waals surface area contributed by atoms with E-state index in [1.807, 2.05) is 6.92 Å². The first-order valence-corrected chi connectivity index (χ1v) is 7.22. The third kappa shape index (κ3) is 3.11. The normalized spacial score (nSPS) is 28.1. The Balaban J connectivity index is 2.47. The quantitative estimate of drug-likeness (QED) is 0.542. The Labute approximate surface area is 90.7 Å². The summed E-state index contributed by atoms with van der Waals surface area (Å²) >= 11 is 5.50. The first-order chi connectivity index (χ1) is 6.58. The molecule has 3 nitrogen and oxygen atoms in total. The second kappa shape index (κ2) is 5.33. The molecule has 1 aliphatic heterocycles. The van der Waals surface area contributed by atoms with Gasteiger partial charge in [-0.1, -0.05) is 0 Å². The fourth-order valence-corrected chi connectivity index (χ4v) is 3.95. The smallest absolute Gasteiger partial charge is 0.155 e. The van der Waals surface area contributed by atoms with Gasteiger partial charge in [0, 0.05) is 12.5 Å². The van der Waals surface area contributed by atoms with Gasteiger partial charge in [-0.2, -0.15) is 0 Å². The van der Waals surface area contributed by atoms with Crippen LogP contribution in [0.2, 0.25) is 0 Å². The average Bonchev–Trinajstić information content (AvgIpc) is 2.52. The van der Waals surface area contributed by atoms with E-state index in [0.29, 0.717) is 25.3 Å². The SMILES string of the molecule is CC1OCCC1S(=O)(=O)CCCCCl. The Morgan fingerprint density at radius 2 is 2.14 bits per heavy atom. The van der Waals surface area contributed by atoms with Crippen LogP contribution in [0.15, 0.2) is 0 Å². The van der Waals surface area contributed by atoms with Crippen LogP contribution in [0, 0.1) is 0 Å². The van der Waals surface area contributed by atoms with Gasteiger partial charge in [0.25, 0.3) is 0 Å². The van der Waals surface area contributed by atoms with Crippen molar-refractivity contribution in [3.8, 4) is 0 Å². The molecule has 1 fully saturated rings. The van der Waals surface area contributed by atoms with Crippen LogP contribution in [0.4, 0.5) is 0 Å². The second-order valence-corrected chi connectivity index (χ2v) is 6.38. The molecule has 0 radical (unpaired) electrons. The Kier molecular flexibility index (Phi) is 4.67. The van der Waals surface area contributed by atoms with E-state index < -0.39 is 9.84 Å². The Morgan fingerprint density at radius 1 is 1.43 bits per heavy atom. The fourth-order valence-electron chi connectivity index (χ4n) is 1.73. The highest BCUT2D eigenvalue weighted by atomic mass is 35.5. The van der Waals surface area contributed by atoms with E-state index in [0.717, 1.165) is 6.42 Å². The van der Waals surface area contributed by atoms with E-state index in [1.165, 1.54) is 0 Å². The first-order valence-electron chi connectivity index (χ1n) is 4.97. The summed E-state index contributed by atoms with van der Waals surface area (Å²) in [5.41, 5.74) is 0. The van der Waals surface area contributed by atoms with E-state index in [2.05, 4.69) is 0 Å². The third-order valence-corrected chi connectivity index (χ3v) is 5.25. The maximum Gasteiger partial charge on any atom is 0.155 e. The molecule has 5 heteroatoms. The molecular weight excluding hydrogens is 224 g/mol.